The van der Waals surface area contributed by atoms with Gasteiger partial charge in [0.2, 0.25) is 15.9 Å². The van der Waals surface area contributed by atoms with Crippen LogP contribution in [-0.2, 0) is 21.4 Å². The van der Waals surface area contributed by atoms with Gasteiger partial charge in [-0.2, -0.15) is 0 Å². The van der Waals surface area contributed by atoms with E-state index in [1.165, 1.54) is 54.6 Å². The monoisotopic (exact) mass is 411 g/mol. The van der Waals surface area contributed by atoms with Crippen molar-refractivity contribution >= 4 is 27.7 Å². The second-order valence-electron chi connectivity index (χ2n) is 6.08. The zero-order chi connectivity index (χ0) is 20.7. The van der Waals surface area contributed by atoms with Crippen molar-refractivity contribution in [1.82, 2.24) is 9.71 Å². The second kappa shape index (κ2) is 9.22. The molecule has 0 bridgehead atoms. The summed E-state index contributed by atoms with van der Waals surface area (Å²) in [7, 11) is -3.74. The molecule has 1 aromatic heterocycles. The van der Waals surface area contributed by atoms with Crippen molar-refractivity contribution in [2.75, 3.05) is 5.32 Å². The minimum Gasteiger partial charge on any atom is -0.323 e. The van der Waals surface area contributed by atoms with E-state index in [4.69, 9.17) is 0 Å². The SMILES string of the molecule is O=C(/C=C/c1ccncc1)Nc1ccc(S(=O)(=O)NCc2ccc(F)cc2)cc1. The summed E-state index contributed by atoms with van der Waals surface area (Å²) in [5.74, 6) is -0.725. The van der Waals surface area contributed by atoms with Crippen LogP contribution in [0.5, 0.6) is 0 Å². The van der Waals surface area contributed by atoms with Crippen molar-refractivity contribution < 1.29 is 17.6 Å². The Bertz CT molecular complexity index is 1100. The first-order valence-electron chi connectivity index (χ1n) is 8.66. The van der Waals surface area contributed by atoms with E-state index < -0.39 is 10.0 Å². The van der Waals surface area contributed by atoms with Crippen LogP contribution in [0.15, 0.2) is 84.0 Å². The van der Waals surface area contributed by atoms with Crippen LogP contribution in [0.3, 0.4) is 0 Å². The highest BCUT2D eigenvalue weighted by Gasteiger charge is 2.13. The maximum Gasteiger partial charge on any atom is 0.248 e. The highest BCUT2D eigenvalue weighted by Crippen LogP contribution is 2.15. The Balaban J connectivity index is 1.59. The number of carbonyl (C=O) groups excluding carboxylic acids is 1. The number of hydrogen-bond donors (Lipinski definition) is 2. The van der Waals surface area contributed by atoms with Gasteiger partial charge >= 0.3 is 0 Å². The lowest BCUT2D eigenvalue weighted by molar-refractivity contribution is -0.111. The van der Waals surface area contributed by atoms with E-state index in [2.05, 4.69) is 15.0 Å². The lowest BCUT2D eigenvalue weighted by Gasteiger charge is -2.08. The number of hydrogen-bond acceptors (Lipinski definition) is 4. The van der Waals surface area contributed by atoms with Gasteiger partial charge in [0.05, 0.1) is 4.90 Å². The zero-order valence-electron chi connectivity index (χ0n) is 15.2. The minimum atomic E-state index is -3.74. The third-order valence-electron chi connectivity index (χ3n) is 3.94. The van der Waals surface area contributed by atoms with E-state index >= 15 is 0 Å². The molecule has 2 N–H and O–H groups in total. The number of amides is 1. The maximum atomic E-state index is 12.9. The van der Waals surface area contributed by atoms with Crippen molar-refractivity contribution in [3.8, 4) is 0 Å². The predicted molar refractivity (Wildman–Crippen MR) is 109 cm³/mol. The van der Waals surface area contributed by atoms with Crippen molar-refractivity contribution in [1.29, 1.82) is 0 Å². The Morgan fingerprint density at radius 2 is 1.62 bits per heavy atom. The van der Waals surface area contributed by atoms with Gasteiger partial charge < -0.3 is 5.32 Å². The van der Waals surface area contributed by atoms with Crippen LogP contribution in [0.25, 0.3) is 6.08 Å². The molecule has 29 heavy (non-hydrogen) atoms. The molecule has 0 atom stereocenters. The second-order valence-corrected chi connectivity index (χ2v) is 7.85. The molecule has 0 aliphatic heterocycles. The zero-order valence-corrected chi connectivity index (χ0v) is 16.1. The Hall–Kier alpha value is -3.36. The van der Waals surface area contributed by atoms with E-state index in [1.807, 2.05) is 0 Å². The van der Waals surface area contributed by atoms with Crippen molar-refractivity contribution in [2.24, 2.45) is 0 Å². The number of halogens is 1. The highest BCUT2D eigenvalue weighted by atomic mass is 32.2. The van der Waals surface area contributed by atoms with E-state index in [-0.39, 0.29) is 23.2 Å². The van der Waals surface area contributed by atoms with Crippen LogP contribution in [0, 0.1) is 5.82 Å². The van der Waals surface area contributed by atoms with Gasteiger partial charge in [-0.15, -0.1) is 0 Å². The molecule has 0 radical (unpaired) electrons. The third kappa shape index (κ3) is 6.06. The Labute approximate surface area is 168 Å². The lowest BCUT2D eigenvalue weighted by Crippen LogP contribution is -2.23. The number of benzene rings is 2. The molecular weight excluding hydrogens is 393 g/mol. The lowest BCUT2D eigenvalue weighted by atomic mass is 10.2. The molecule has 8 heteroatoms. The molecule has 3 aromatic rings. The molecule has 3 rings (SSSR count). The van der Waals surface area contributed by atoms with Crippen LogP contribution in [0.1, 0.15) is 11.1 Å². The van der Waals surface area contributed by atoms with Crippen molar-refractivity contribution in [3.05, 3.63) is 96.1 Å². The molecule has 0 spiro atoms. The first-order valence-corrected chi connectivity index (χ1v) is 10.1. The molecule has 2 aromatic carbocycles. The molecule has 0 fully saturated rings. The number of sulfonamides is 1. The van der Waals surface area contributed by atoms with Gasteiger partial charge in [-0.25, -0.2) is 17.5 Å². The summed E-state index contributed by atoms with van der Waals surface area (Å²) in [5, 5.41) is 2.66. The summed E-state index contributed by atoms with van der Waals surface area (Å²) >= 11 is 0. The largest absolute Gasteiger partial charge is 0.323 e. The normalized spacial score (nSPS) is 11.5. The first kappa shape index (κ1) is 20.4. The molecule has 0 aliphatic carbocycles. The van der Waals surface area contributed by atoms with E-state index in [9.17, 15) is 17.6 Å². The summed E-state index contributed by atoms with van der Waals surface area (Å²) in [6, 6.07) is 14.9. The molecular formula is C21H18FN3O3S. The summed E-state index contributed by atoms with van der Waals surface area (Å²) in [6.45, 7) is 0.0426. The maximum absolute atomic E-state index is 12.9. The fourth-order valence-corrected chi connectivity index (χ4v) is 3.43. The van der Waals surface area contributed by atoms with Gasteiger partial charge in [0.1, 0.15) is 5.82 Å². The first-order chi connectivity index (χ1) is 13.9. The molecule has 1 amide bonds. The van der Waals surface area contributed by atoms with E-state index in [0.717, 1.165) is 5.56 Å². The summed E-state index contributed by atoms with van der Waals surface area (Å²) in [6.07, 6.45) is 6.28. The Morgan fingerprint density at radius 3 is 2.28 bits per heavy atom. The number of nitrogens with one attached hydrogen (secondary N) is 2. The standard InChI is InChI=1S/C21H18FN3O3S/c22-18-4-1-17(2-5-18)15-24-29(27,28)20-8-6-19(7-9-20)25-21(26)10-3-16-11-13-23-14-12-16/h1-14,24H,15H2,(H,25,26)/b10-3+. The van der Waals surface area contributed by atoms with Gasteiger partial charge in [0.15, 0.2) is 0 Å². The summed E-state index contributed by atoms with van der Waals surface area (Å²) in [4.78, 5) is 15.9. The number of pyridine rings is 1. The molecule has 1 heterocycles. The van der Waals surface area contributed by atoms with Crippen LogP contribution >= 0.6 is 0 Å². The van der Waals surface area contributed by atoms with Crippen LogP contribution in [-0.4, -0.2) is 19.3 Å². The van der Waals surface area contributed by atoms with E-state index in [0.29, 0.717) is 11.3 Å². The van der Waals surface area contributed by atoms with Crippen molar-refractivity contribution in [3.63, 3.8) is 0 Å². The van der Waals surface area contributed by atoms with Gasteiger partial charge in [-0.1, -0.05) is 12.1 Å². The average Bonchev–Trinajstić information content (AvgIpc) is 2.73. The van der Waals surface area contributed by atoms with Gasteiger partial charge in [-0.3, -0.25) is 9.78 Å². The highest BCUT2D eigenvalue weighted by molar-refractivity contribution is 7.89. The average molecular weight is 411 g/mol. The van der Waals surface area contributed by atoms with Gasteiger partial charge in [0, 0.05) is 30.7 Å². The number of nitrogens with zero attached hydrogens (tertiary/aromatic N) is 1. The quantitative estimate of drug-likeness (QED) is 0.584. The smallest absolute Gasteiger partial charge is 0.248 e. The summed E-state index contributed by atoms with van der Waals surface area (Å²) in [5.41, 5.74) is 1.94. The minimum absolute atomic E-state index is 0.0426. The predicted octanol–water partition coefficient (Wildman–Crippen LogP) is 3.35. The molecule has 0 aliphatic rings. The van der Waals surface area contributed by atoms with Gasteiger partial charge in [-0.05, 0) is 65.7 Å². The number of carbonyl (C=O) groups is 1. The molecule has 0 saturated carbocycles. The third-order valence-corrected chi connectivity index (χ3v) is 5.36. The van der Waals surface area contributed by atoms with Crippen LogP contribution in [0.2, 0.25) is 0 Å². The van der Waals surface area contributed by atoms with Crippen molar-refractivity contribution in [2.45, 2.75) is 11.4 Å². The molecule has 6 nitrogen and oxygen atoms in total. The molecule has 148 valence electrons. The van der Waals surface area contributed by atoms with Crippen LogP contribution in [0.4, 0.5) is 10.1 Å². The number of aromatic nitrogens is 1. The topological polar surface area (TPSA) is 88.2 Å². The number of anilines is 1. The molecule has 0 unspecified atom stereocenters. The molecule has 0 saturated heterocycles. The van der Waals surface area contributed by atoms with Gasteiger partial charge in [0.25, 0.3) is 0 Å². The summed E-state index contributed by atoms with van der Waals surface area (Å²) < 4.78 is 40.1. The number of rotatable bonds is 7. The Kier molecular flexibility index (Phi) is 6.48. The fourth-order valence-electron chi connectivity index (χ4n) is 2.41. The van der Waals surface area contributed by atoms with E-state index in [1.54, 1.807) is 30.6 Å². The Morgan fingerprint density at radius 1 is 0.966 bits per heavy atom. The van der Waals surface area contributed by atoms with Crippen LogP contribution < -0.4 is 10.0 Å². The fraction of sp³-hybridized carbons (Fsp3) is 0.0476.